The zero-order valence-corrected chi connectivity index (χ0v) is 15.9. The van der Waals surface area contributed by atoms with Crippen molar-refractivity contribution in [3.63, 3.8) is 0 Å². The summed E-state index contributed by atoms with van der Waals surface area (Å²) in [6.45, 7) is -0.520. The Labute approximate surface area is 162 Å². The van der Waals surface area contributed by atoms with Gasteiger partial charge in [0, 0.05) is 7.05 Å². The van der Waals surface area contributed by atoms with Crippen LogP contribution in [0.2, 0.25) is 5.02 Å². The molecule has 8 heteroatoms. The quantitative estimate of drug-likeness (QED) is 0.777. The predicted octanol–water partition coefficient (Wildman–Crippen LogP) is 1.91. The first-order valence-corrected chi connectivity index (χ1v) is 9.40. The number of halogens is 1. The van der Waals surface area contributed by atoms with E-state index in [0.717, 1.165) is 17.7 Å². The highest BCUT2D eigenvalue weighted by atomic mass is 35.5. The van der Waals surface area contributed by atoms with Crippen molar-refractivity contribution in [2.24, 2.45) is 11.8 Å². The third-order valence-corrected chi connectivity index (χ3v) is 5.51. The second-order valence-electron chi connectivity index (χ2n) is 7.04. The first-order chi connectivity index (χ1) is 12.9. The molecular formula is C19H22ClN3O4. The van der Waals surface area contributed by atoms with E-state index in [4.69, 9.17) is 11.6 Å². The number of carbonyl (C=O) groups is 4. The topological polar surface area (TPSA) is 86.8 Å². The molecule has 2 atom stereocenters. The Balaban J connectivity index is 1.56. The lowest BCUT2D eigenvalue weighted by Gasteiger charge is -2.20. The van der Waals surface area contributed by atoms with Gasteiger partial charge in [-0.3, -0.25) is 24.1 Å². The van der Waals surface area contributed by atoms with Gasteiger partial charge in [0.1, 0.15) is 6.54 Å². The number of hydrogen-bond acceptors (Lipinski definition) is 4. The molecule has 0 radical (unpaired) electrons. The normalized spacial score (nSPS) is 21.8. The number of anilines is 1. The van der Waals surface area contributed by atoms with Crippen LogP contribution in [-0.4, -0.2) is 53.6 Å². The van der Waals surface area contributed by atoms with E-state index in [1.165, 1.54) is 11.9 Å². The number of hydrogen-bond donors (Lipinski definition) is 1. The Morgan fingerprint density at radius 2 is 1.74 bits per heavy atom. The Bertz CT molecular complexity index is 758. The monoisotopic (exact) mass is 391 g/mol. The van der Waals surface area contributed by atoms with Gasteiger partial charge < -0.3 is 10.2 Å². The lowest BCUT2D eigenvalue weighted by molar-refractivity contribution is -0.146. The molecule has 1 aliphatic heterocycles. The van der Waals surface area contributed by atoms with Gasteiger partial charge >= 0.3 is 0 Å². The average molecular weight is 392 g/mol. The summed E-state index contributed by atoms with van der Waals surface area (Å²) in [7, 11) is 1.46. The molecule has 1 saturated carbocycles. The second kappa shape index (κ2) is 8.08. The zero-order chi connectivity index (χ0) is 19.6. The van der Waals surface area contributed by atoms with E-state index in [1.807, 2.05) is 0 Å². The number of amides is 4. The van der Waals surface area contributed by atoms with Crippen LogP contribution in [-0.2, 0) is 19.2 Å². The van der Waals surface area contributed by atoms with Gasteiger partial charge in [-0.1, -0.05) is 36.6 Å². The number of benzene rings is 1. The summed E-state index contributed by atoms with van der Waals surface area (Å²) in [5.41, 5.74) is 0.457. The van der Waals surface area contributed by atoms with Gasteiger partial charge in [-0.05, 0) is 25.0 Å². The van der Waals surface area contributed by atoms with E-state index in [1.54, 1.807) is 24.3 Å². The maximum absolute atomic E-state index is 12.4. The van der Waals surface area contributed by atoms with Crippen molar-refractivity contribution in [1.29, 1.82) is 0 Å². The van der Waals surface area contributed by atoms with Crippen molar-refractivity contribution >= 4 is 40.9 Å². The van der Waals surface area contributed by atoms with Crippen molar-refractivity contribution in [3.05, 3.63) is 29.3 Å². The molecule has 144 valence electrons. The molecule has 27 heavy (non-hydrogen) atoms. The number of carbonyl (C=O) groups excluding carboxylic acids is 4. The number of imide groups is 1. The maximum atomic E-state index is 12.4. The third-order valence-electron chi connectivity index (χ3n) is 5.18. The van der Waals surface area contributed by atoms with Crippen LogP contribution in [0.1, 0.15) is 25.7 Å². The van der Waals surface area contributed by atoms with E-state index in [9.17, 15) is 19.2 Å². The molecule has 0 unspecified atom stereocenters. The molecule has 1 saturated heterocycles. The van der Waals surface area contributed by atoms with Crippen molar-refractivity contribution in [3.8, 4) is 0 Å². The Morgan fingerprint density at radius 3 is 2.33 bits per heavy atom. The van der Waals surface area contributed by atoms with E-state index in [2.05, 4.69) is 5.32 Å². The molecule has 3 rings (SSSR count). The number of likely N-dealkylation sites (tertiary alicyclic amines) is 1. The van der Waals surface area contributed by atoms with Gasteiger partial charge in [0.15, 0.2) is 0 Å². The molecule has 2 aliphatic rings. The predicted molar refractivity (Wildman–Crippen MR) is 99.9 cm³/mol. The molecule has 0 bridgehead atoms. The van der Waals surface area contributed by atoms with Crippen LogP contribution in [0.5, 0.6) is 0 Å². The number of para-hydroxylation sites is 1. The van der Waals surface area contributed by atoms with E-state index in [-0.39, 0.29) is 36.7 Å². The summed E-state index contributed by atoms with van der Waals surface area (Å²) in [6, 6.07) is 6.79. The first-order valence-electron chi connectivity index (χ1n) is 9.02. The Kier molecular flexibility index (Phi) is 5.79. The highest BCUT2D eigenvalue weighted by Gasteiger charge is 2.48. The van der Waals surface area contributed by atoms with Crippen LogP contribution in [0.3, 0.4) is 0 Å². The highest BCUT2D eigenvalue weighted by molar-refractivity contribution is 6.33. The molecular weight excluding hydrogens is 370 g/mol. The summed E-state index contributed by atoms with van der Waals surface area (Å²) in [5.74, 6) is -1.95. The van der Waals surface area contributed by atoms with Crippen LogP contribution in [0.4, 0.5) is 5.69 Å². The molecule has 1 aliphatic carbocycles. The number of fused-ring (bicyclic) bond motifs is 1. The largest absolute Gasteiger partial charge is 0.335 e. The second-order valence-corrected chi connectivity index (χ2v) is 7.45. The number of rotatable bonds is 5. The third kappa shape index (κ3) is 4.13. The fraction of sp³-hybridized carbons (Fsp3) is 0.474. The molecule has 1 heterocycles. The number of likely N-dealkylation sites (N-methyl/N-ethyl adjacent to an activating group) is 1. The summed E-state index contributed by atoms with van der Waals surface area (Å²) in [4.78, 5) is 51.7. The molecule has 1 aromatic carbocycles. The number of nitrogens with zero attached hydrogens (tertiary/aromatic N) is 2. The van der Waals surface area contributed by atoms with Crippen LogP contribution in [0, 0.1) is 11.8 Å². The summed E-state index contributed by atoms with van der Waals surface area (Å²) in [6.07, 6.45) is 3.28. The lowest BCUT2D eigenvalue weighted by Crippen LogP contribution is -2.44. The fourth-order valence-corrected chi connectivity index (χ4v) is 3.88. The van der Waals surface area contributed by atoms with Crippen LogP contribution in [0.15, 0.2) is 24.3 Å². The van der Waals surface area contributed by atoms with Crippen LogP contribution in [0.25, 0.3) is 0 Å². The molecule has 0 spiro atoms. The summed E-state index contributed by atoms with van der Waals surface area (Å²) < 4.78 is 0. The Hall–Kier alpha value is -2.41. The van der Waals surface area contributed by atoms with E-state index < -0.39 is 11.8 Å². The SMILES string of the molecule is CN(CC(=O)Nc1ccccc1Cl)C(=O)CN1C(=O)[C@H]2CCCC[C@H]2C1=O. The molecule has 1 aromatic rings. The highest BCUT2D eigenvalue weighted by Crippen LogP contribution is 2.37. The average Bonchev–Trinajstić information content (AvgIpc) is 2.89. The van der Waals surface area contributed by atoms with Crippen molar-refractivity contribution in [2.75, 3.05) is 25.5 Å². The van der Waals surface area contributed by atoms with Crippen LogP contribution < -0.4 is 5.32 Å². The fourth-order valence-electron chi connectivity index (χ4n) is 3.70. The van der Waals surface area contributed by atoms with Gasteiger partial charge in [-0.2, -0.15) is 0 Å². The minimum Gasteiger partial charge on any atom is -0.335 e. The van der Waals surface area contributed by atoms with Crippen LogP contribution >= 0.6 is 11.6 Å². The minimum absolute atomic E-state index is 0.201. The summed E-state index contributed by atoms with van der Waals surface area (Å²) >= 11 is 6.00. The van der Waals surface area contributed by atoms with Gasteiger partial charge in [-0.25, -0.2) is 0 Å². The molecule has 4 amide bonds. The summed E-state index contributed by atoms with van der Waals surface area (Å²) in [5, 5.41) is 3.03. The molecule has 7 nitrogen and oxygen atoms in total. The van der Waals surface area contributed by atoms with E-state index >= 15 is 0 Å². The van der Waals surface area contributed by atoms with Gasteiger partial charge in [0.25, 0.3) is 0 Å². The van der Waals surface area contributed by atoms with Crippen molar-refractivity contribution in [2.45, 2.75) is 25.7 Å². The van der Waals surface area contributed by atoms with Gasteiger partial charge in [0.05, 0.1) is 29.1 Å². The lowest BCUT2D eigenvalue weighted by atomic mass is 9.81. The minimum atomic E-state index is -0.454. The van der Waals surface area contributed by atoms with Gasteiger partial charge in [-0.15, -0.1) is 0 Å². The van der Waals surface area contributed by atoms with Crippen molar-refractivity contribution in [1.82, 2.24) is 9.80 Å². The standard InChI is InChI=1S/C19H22ClN3O4/c1-22(10-16(24)21-15-9-5-4-8-14(15)20)17(25)11-23-18(26)12-6-2-3-7-13(12)19(23)27/h4-5,8-9,12-13H,2-3,6-7,10-11H2,1H3,(H,21,24)/t12-,13+. The zero-order valence-electron chi connectivity index (χ0n) is 15.1. The van der Waals surface area contributed by atoms with E-state index in [0.29, 0.717) is 23.6 Å². The van der Waals surface area contributed by atoms with Gasteiger partial charge in [0.2, 0.25) is 23.6 Å². The molecule has 2 fully saturated rings. The number of nitrogens with one attached hydrogen (secondary N) is 1. The maximum Gasteiger partial charge on any atom is 0.244 e. The Morgan fingerprint density at radius 1 is 1.15 bits per heavy atom. The smallest absolute Gasteiger partial charge is 0.244 e. The molecule has 1 N–H and O–H groups in total. The first kappa shape index (κ1) is 19.4. The van der Waals surface area contributed by atoms with Crippen molar-refractivity contribution < 1.29 is 19.2 Å². The molecule has 0 aromatic heterocycles.